The van der Waals surface area contributed by atoms with E-state index in [0.29, 0.717) is 11.5 Å². The Morgan fingerprint density at radius 1 is 1.15 bits per heavy atom. The zero-order valence-corrected chi connectivity index (χ0v) is 13.7. The molecule has 1 aromatic rings. The molecule has 0 radical (unpaired) electrons. The quantitative estimate of drug-likeness (QED) is 0.868. The van der Waals surface area contributed by atoms with Crippen LogP contribution in [0.4, 0.5) is 0 Å². The van der Waals surface area contributed by atoms with E-state index < -0.39 is 14.6 Å². The molecule has 0 aromatic heterocycles. The van der Waals surface area contributed by atoms with E-state index in [4.69, 9.17) is 9.47 Å². The summed E-state index contributed by atoms with van der Waals surface area (Å²) >= 11 is 0. The van der Waals surface area contributed by atoms with Crippen LogP contribution in [0.2, 0.25) is 0 Å². The Morgan fingerprint density at radius 3 is 2.10 bits per heavy atom. The van der Waals surface area contributed by atoms with Gasteiger partial charge in [-0.05, 0) is 38.6 Å². The van der Waals surface area contributed by atoms with Gasteiger partial charge in [0, 0.05) is 6.26 Å². The average Bonchev–Trinajstić information content (AvgIpc) is 2.37. The maximum atomic E-state index is 12.0. The summed E-state index contributed by atoms with van der Waals surface area (Å²) in [6.45, 7) is 3.42. The van der Waals surface area contributed by atoms with Gasteiger partial charge >= 0.3 is 0 Å². The minimum atomic E-state index is -3.23. The van der Waals surface area contributed by atoms with Gasteiger partial charge in [-0.15, -0.1) is 0 Å². The number of ether oxygens (including phenoxy) is 2. The molecule has 0 aliphatic carbocycles. The summed E-state index contributed by atoms with van der Waals surface area (Å²) < 4.78 is 33.5. The van der Waals surface area contributed by atoms with E-state index in [-0.39, 0.29) is 6.04 Å². The van der Waals surface area contributed by atoms with Crippen molar-refractivity contribution < 1.29 is 17.9 Å². The Bertz CT molecular complexity index is 567. The van der Waals surface area contributed by atoms with Crippen LogP contribution >= 0.6 is 0 Å². The highest BCUT2D eigenvalue weighted by molar-refractivity contribution is 7.92. The highest BCUT2D eigenvalue weighted by atomic mass is 32.2. The smallest absolute Gasteiger partial charge is 0.161 e. The van der Waals surface area contributed by atoms with Gasteiger partial charge in [-0.1, -0.05) is 6.07 Å². The zero-order chi connectivity index (χ0) is 15.6. The molecule has 20 heavy (non-hydrogen) atoms. The lowest BCUT2D eigenvalue weighted by molar-refractivity contribution is 0.353. The summed E-state index contributed by atoms with van der Waals surface area (Å²) in [5, 5.41) is 3.08. The zero-order valence-electron chi connectivity index (χ0n) is 12.9. The lowest BCUT2D eigenvalue weighted by atomic mass is 9.95. The first-order valence-electron chi connectivity index (χ1n) is 6.27. The minimum Gasteiger partial charge on any atom is -0.493 e. The number of hydrogen-bond donors (Lipinski definition) is 1. The largest absolute Gasteiger partial charge is 0.493 e. The lowest BCUT2D eigenvalue weighted by Gasteiger charge is -2.33. The standard InChI is InChI=1S/C14H23NO4S/c1-14(2,20(6,16)17)13(15-3)10-7-8-11(18-4)12(9-10)19-5/h7-9,13,15H,1-6H3. The van der Waals surface area contributed by atoms with Crippen LogP contribution < -0.4 is 14.8 Å². The van der Waals surface area contributed by atoms with Gasteiger partial charge in [0.2, 0.25) is 0 Å². The van der Waals surface area contributed by atoms with Gasteiger partial charge in [-0.3, -0.25) is 0 Å². The van der Waals surface area contributed by atoms with Crippen LogP contribution in [0.15, 0.2) is 18.2 Å². The predicted octanol–water partition coefficient (Wildman–Crippen LogP) is 1.79. The Morgan fingerprint density at radius 2 is 1.70 bits per heavy atom. The summed E-state index contributed by atoms with van der Waals surface area (Å²) in [5.41, 5.74) is 0.834. The van der Waals surface area contributed by atoms with E-state index in [9.17, 15) is 8.42 Å². The van der Waals surface area contributed by atoms with Crippen LogP contribution in [0.5, 0.6) is 11.5 Å². The molecule has 0 aliphatic rings. The van der Waals surface area contributed by atoms with Gasteiger partial charge in [-0.25, -0.2) is 8.42 Å². The van der Waals surface area contributed by atoms with Crippen molar-refractivity contribution in [2.24, 2.45) is 0 Å². The van der Waals surface area contributed by atoms with E-state index in [2.05, 4.69) is 5.32 Å². The summed E-state index contributed by atoms with van der Waals surface area (Å²) in [6, 6.07) is 5.07. The first-order chi connectivity index (χ1) is 9.18. The summed E-state index contributed by atoms with van der Waals surface area (Å²) in [7, 11) is 1.63. The van der Waals surface area contributed by atoms with E-state index >= 15 is 0 Å². The molecule has 5 nitrogen and oxygen atoms in total. The topological polar surface area (TPSA) is 64.6 Å². The fourth-order valence-electron chi connectivity index (χ4n) is 2.16. The third-order valence-corrected chi connectivity index (χ3v) is 5.83. The van der Waals surface area contributed by atoms with Gasteiger partial charge < -0.3 is 14.8 Å². The van der Waals surface area contributed by atoms with Crippen LogP contribution in [-0.4, -0.2) is 40.7 Å². The summed E-state index contributed by atoms with van der Waals surface area (Å²) in [5.74, 6) is 1.19. The fraction of sp³-hybridized carbons (Fsp3) is 0.571. The molecule has 114 valence electrons. The van der Waals surface area contributed by atoms with E-state index in [1.54, 1.807) is 47.2 Å². The number of nitrogens with one attached hydrogen (secondary N) is 1. The van der Waals surface area contributed by atoms with Gasteiger partial charge in [0.15, 0.2) is 21.3 Å². The van der Waals surface area contributed by atoms with Crippen molar-refractivity contribution >= 4 is 9.84 Å². The summed E-state index contributed by atoms with van der Waals surface area (Å²) in [6.07, 6.45) is 1.25. The maximum Gasteiger partial charge on any atom is 0.161 e. The van der Waals surface area contributed by atoms with Crippen molar-refractivity contribution in [2.75, 3.05) is 27.5 Å². The first kappa shape index (κ1) is 16.8. The molecular weight excluding hydrogens is 278 g/mol. The lowest BCUT2D eigenvalue weighted by Crippen LogP contribution is -2.43. The number of hydrogen-bond acceptors (Lipinski definition) is 5. The fourth-order valence-corrected chi connectivity index (χ4v) is 2.84. The van der Waals surface area contributed by atoms with Crippen LogP contribution in [0.1, 0.15) is 25.5 Å². The molecule has 1 atom stereocenters. The Balaban J connectivity index is 3.33. The van der Waals surface area contributed by atoms with Crippen LogP contribution in [0.25, 0.3) is 0 Å². The second-order valence-corrected chi connectivity index (χ2v) is 7.81. The van der Waals surface area contributed by atoms with Gasteiger partial charge in [0.1, 0.15) is 0 Å². The second-order valence-electron chi connectivity index (χ2n) is 5.21. The third-order valence-electron chi connectivity index (χ3n) is 3.68. The number of methoxy groups -OCH3 is 2. The number of rotatable bonds is 6. The molecule has 0 spiro atoms. The van der Waals surface area contributed by atoms with Gasteiger partial charge in [0.25, 0.3) is 0 Å². The molecule has 0 saturated heterocycles. The van der Waals surface area contributed by atoms with E-state index in [1.165, 1.54) is 6.26 Å². The van der Waals surface area contributed by atoms with E-state index in [1.807, 2.05) is 6.07 Å². The normalized spacial score (nSPS) is 13.9. The number of sulfone groups is 1. The SMILES string of the molecule is CNC(c1ccc(OC)c(OC)c1)C(C)(C)S(C)(=O)=O. The molecular formula is C14H23NO4S. The Labute approximate surface area is 121 Å². The highest BCUT2D eigenvalue weighted by Gasteiger charge is 2.39. The van der Waals surface area contributed by atoms with Crippen molar-refractivity contribution in [2.45, 2.75) is 24.6 Å². The first-order valence-corrected chi connectivity index (χ1v) is 8.17. The molecule has 1 aromatic carbocycles. The minimum absolute atomic E-state index is 0.350. The van der Waals surface area contributed by atoms with Crippen molar-refractivity contribution in [3.8, 4) is 11.5 Å². The van der Waals surface area contributed by atoms with Gasteiger partial charge in [-0.2, -0.15) is 0 Å². The van der Waals surface area contributed by atoms with E-state index in [0.717, 1.165) is 5.56 Å². The van der Waals surface area contributed by atoms with Crippen molar-refractivity contribution in [1.29, 1.82) is 0 Å². The molecule has 1 rings (SSSR count). The molecule has 0 bridgehead atoms. The maximum absolute atomic E-state index is 12.0. The second kappa shape index (κ2) is 6.01. The molecule has 1 unspecified atom stereocenters. The molecule has 6 heteroatoms. The van der Waals surface area contributed by atoms with Crippen LogP contribution in [0.3, 0.4) is 0 Å². The highest BCUT2D eigenvalue weighted by Crippen LogP contribution is 2.36. The van der Waals surface area contributed by atoms with Crippen LogP contribution in [-0.2, 0) is 9.84 Å². The molecule has 0 saturated carbocycles. The van der Waals surface area contributed by atoms with Crippen molar-refractivity contribution in [1.82, 2.24) is 5.32 Å². The van der Waals surface area contributed by atoms with Gasteiger partial charge in [0.05, 0.1) is 25.0 Å². The number of benzene rings is 1. The van der Waals surface area contributed by atoms with Crippen LogP contribution in [0, 0.1) is 0 Å². The monoisotopic (exact) mass is 301 g/mol. The summed E-state index contributed by atoms with van der Waals surface area (Å²) in [4.78, 5) is 0. The molecule has 0 fully saturated rings. The van der Waals surface area contributed by atoms with Crippen molar-refractivity contribution in [3.63, 3.8) is 0 Å². The molecule has 1 N–H and O–H groups in total. The molecule has 0 amide bonds. The average molecular weight is 301 g/mol. The third kappa shape index (κ3) is 3.07. The molecule has 0 aliphatic heterocycles. The predicted molar refractivity (Wildman–Crippen MR) is 80.3 cm³/mol. The Kier molecular flexibility index (Phi) is 5.05. The Hall–Kier alpha value is -1.27. The van der Waals surface area contributed by atoms with Crippen molar-refractivity contribution in [3.05, 3.63) is 23.8 Å². The molecule has 0 heterocycles.